The first-order chi connectivity index (χ1) is 12.4. The third-order valence-electron chi connectivity index (χ3n) is 3.87. The Balaban J connectivity index is 2.19. The van der Waals surface area contributed by atoms with Gasteiger partial charge in [0.15, 0.2) is 11.5 Å². The zero-order chi connectivity index (χ0) is 19.2. The van der Waals surface area contributed by atoms with Crippen LogP contribution in [0.5, 0.6) is 11.5 Å². The lowest BCUT2D eigenvalue weighted by atomic mass is 10.1. The first-order valence-corrected chi connectivity index (χ1v) is 8.91. The first kappa shape index (κ1) is 20.5. The van der Waals surface area contributed by atoms with Gasteiger partial charge in [-0.3, -0.25) is 0 Å². The van der Waals surface area contributed by atoms with E-state index in [9.17, 15) is 9.50 Å². The predicted octanol–water partition coefficient (Wildman–Crippen LogP) is 4.32. The first-order valence-electron chi connectivity index (χ1n) is 8.53. The van der Waals surface area contributed by atoms with Crippen LogP contribution in [0.4, 0.5) is 4.39 Å². The van der Waals surface area contributed by atoms with Gasteiger partial charge in [0.2, 0.25) is 0 Å². The Morgan fingerprint density at radius 3 is 2.58 bits per heavy atom. The highest BCUT2D eigenvalue weighted by Gasteiger charge is 2.17. The molecule has 0 aromatic heterocycles. The van der Waals surface area contributed by atoms with Crippen LogP contribution in [0.15, 0.2) is 36.4 Å². The molecule has 2 N–H and O–H groups in total. The van der Waals surface area contributed by atoms with Gasteiger partial charge in [-0.15, -0.1) is 0 Å². The number of ether oxygens (including phenoxy) is 2. The molecule has 0 aliphatic rings. The maximum Gasteiger partial charge on any atom is 0.180 e. The average Bonchev–Trinajstić information content (AvgIpc) is 2.61. The molecule has 2 aromatic rings. The normalized spacial score (nSPS) is 11.5. The van der Waals surface area contributed by atoms with E-state index in [1.807, 2.05) is 26.8 Å². The summed E-state index contributed by atoms with van der Waals surface area (Å²) in [6.07, 6.45) is 0. The maximum absolute atomic E-state index is 13.8. The number of benzene rings is 2. The van der Waals surface area contributed by atoms with Gasteiger partial charge in [-0.1, -0.05) is 29.8 Å². The van der Waals surface area contributed by atoms with E-state index < -0.39 is 5.54 Å². The quantitative estimate of drug-likeness (QED) is 0.679. The van der Waals surface area contributed by atoms with E-state index in [1.165, 1.54) is 6.07 Å². The molecule has 4 nitrogen and oxygen atoms in total. The highest BCUT2D eigenvalue weighted by molar-refractivity contribution is 6.32. The SMILES string of the molecule is CCOc1cc(CNC(C)(C)CO)cc(Cl)c1OCc1ccccc1F. The molecule has 0 radical (unpaired) electrons. The van der Waals surface area contributed by atoms with Crippen LogP contribution in [0.3, 0.4) is 0 Å². The monoisotopic (exact) mass is 381 g/mol. The molecule has 2 aromatic carbocycles. The molecule has 0 saturated heterocycles. The van der Waals surface area contributed by atoms with Gasteiger partial charge in [-0.05, 0) is 44.5 Å². The maximum atomic E-state index is 13.8. The molecule has 0 heterocycles. The van der Waals surface area contributed by atoms with Gasteiger partial charge < -0.3 is 19.9 Å². The van der Waals surface area contributed by atoms with Crippen LogP contribution < -0.4 is 14.8 Å². The smallest absolute Gasteiger partial charge is 0.180 e. The van der Waals surface area contributed by atoms with E-state index in [2.05, 4.69) is 5.32 Å². The van der Waals surface area contributed by atoms with Crippen molar-refractivity contribution in [3.63, 3.8) is 0 Å². The van der Waals surface area contributed by atoms with Gasteiger partial charge in [-0.25, -0.2) is 4.39 Å². The second-order valence-electron chi connectivity index (χ2n) is 6.61. The van der Waals surface area contributed by atoms with E-state index in [0.717, 1.165) is 5.56 Å². The largest absolute Gasteiger partial charge is 0.490 e. The molecule has 6 heteroatoms. The molecule has 0 spiro atoms. The van der Waals surface area contributed by atoms with Crippen LogP contribution in [0.1, 0.15) is 31.9 Å². The molecule has 0 saturated carbocycles. The second kappa shape index (κ2) is 9.21. The number of rotatable bonds is 9. The van der Waals surface area contributed by atoms with E-state index in [1.54, 1.807) is 24.3 Å². The number of hydrogen-bond donors (Lipinski definition) is 2. The van der Waals surface area contributed by atoms with E-state index in [4.69, 9.17) is 21.1 Å². The Bertz CT molecular complexity index is 737. The molecule has 2 rings (SSSR count). The molecule has 0 unspecified atom stereocenters. The van der Waals surface area contributed by atoms with Crippen molar-refractivity contribution in [1.82, 2.24) is 5.32 Å². The lowest BCUT2D eigenvalue weighted by Crippen LogP contribution is -2.42. The molecular formula is C20H25ClFNO3. The molecule has 0 aliphatic carbocycles. The third-order valence-corrected chi connectivity index (χ3v) is 4.15. The molecule has 26 heavy (non-hydrogen) atoms. The Kier molecular flexibility index (Phi) is 7.26. The molecule has 142 valence electrons. The van der Waals surface area contributed by atoms with Gasteiger partial charge in [0, 0.05) is 17.6 Å². The standard InChI is InChI=1S/C20H25ClFNO3/c1-4-25-18-10-14(11-23-20(2,3)13-24)9-16(21)19(18)26-12-15-7-5-6-8-17(15)22/h5-10,23-24H,4,11-13H2,1-3H3. The number of aliphatic hydroxyl groups is 1. The summed E-state index contributed by atoms with van der Waals surface area (Å²) in [5, 5.41) is 13.0. The summed E-state index contributed by atoms with van der Waals surface area (Å²) in [6.45, 7) is 6.72. The van der Waals surface area contributed by atoms with E-state index in [0.29, 0.717) is 35.2 Å². The number of hydrogen-bond acceptors (Lipinski definition) is 4. The summed E-state index contributed by atoms with van der Waals surface area (Å²) >= 11 is 6.38. The Morgan fingerprint density at radius 2 is 1.92 bits per heavy atom. The molecule has 0 atom stereocenters. The van der Waals surface area contributed by atoms with E-state index in [-0.39, 0.29) is 19.0 Å². The summed E-state index contributed by atoms with van der Waals surface area (Å²) < 4.78 is 25.2. The summed E-state index contributed by atoms with van der Waals surface area (Å²) in [7, 11) is 0. The zero-order valence-corrected chi connectivity index (χ0v) is 16.1. The van der Waals surface area contributed by atoms with Crippen LogP contribution in [0, 0.1) is 5.82 Å². The fraction of sp³-hybridized carbons (Fsp3) is 0.400. The summed E-state index contributed by atoms with van der Waals surface area (Å²) in [5.74, 6) is 0.575. The molecular weight excluding hydrogens is 357 g/mol. The van der Waals surface area contributed by atoms with Gasteiger partial charge in [0.05, 0.1) is 18.2 Å². The lowest BCUT2D eigenvalue weighted by Gasteiger charge is -2.24. The van der Waals surface area contributed by atoms with Gasteiger partial charge in [-0.2, -0.15) is 0 Å². The van der Waals surface area contributed by atoms with Crippen molar-refractivity contribution in [1.29, 1.82) is 0 Å². The Hall–Kier alpha value is -1.82. The van der Waals surface area contributed by atoms with Crippen LogP contribution >= 0.6 is 11.6 Å². The fourth-order valence-corrected chi connectivity index (χ4v) is 2.58. The van der Waals surface area contributed by atoms with Crippen molar-refractivity contribution in [2.75, 3.05) is 13.2 Å². The summed E-state index contributed by atoms with van der Waals surface area (Å²) in [6, 6.07) is 10.1. The molecule has 0 aliphatic heterocycles. The van der Waals surface area contributed by atoms with Crippen molar-refractivity contribution in [3.8, 4) is 11.5 Å². The fourth-order valence-electron chi connectivity index (χ4n) is 2.29. The van der Waals surface area contributed by atoms with Crippen LogP contribution in [0.2, 0.25) is 5.02 Å². The van der Waals surface area contributed by atoms with E-state index >= 15 is 0 Å². The Morgan fingerprint density at radius 1 is 1.19 bits per heavy atom. The van der Waals surface area contributed by atoms with Crippen LogP contribution in [-0.2, 0) is 13.2 Å². The minimum atomic E-state index is -0.405. The van der Waals surface area contributed by atoms with Crippen LogP contribution in [-0.4, -0.2) is 23.9 Å². The number of halogens is 2. The second-order valence-corrected chi connectivity index (χ2v) is 7.02. The van der Waals surface area contributed by atoms with Gasteiger partial charge >= 0.3 is 0 Å². The number of nitrogens with one attached hydrogen (secondary N) is 1. The lowest BCUT2D eigenvalue weighted by molar-refractivity contribution is 0.187. The van der Waals surface area contributed by atoms with Crippen molar-refractivity contribution in [2.24, 2.45) is 0 Å². The average molecular weight is 382 g/mol. The van der Waals surface area contributed by atoms with Gasteiger partial charge in [0.1, 0.15) is 12.4 Å². The Labute approximate surface area is 158 Å². The summed E-state index contributed by atoms with van der Waals surface area (Å²) in [5.41, 5.74) is 0.942. The van der Waals surface area contributed by atoms with Crippen molar-refractivity contribution < 1.29 is 19.0 Å². The van der Waals surface area contributed by atoms with Crippen LogP contribution in [0.25, 0.3) is 0 Å². The van der Waals surface area contributed by atoms with Crippen molar-refractivity contribution >= 4 is 11.6 Å². The van der Waals surface area contributed by atoms with Crippen molar-refractivity contribution in [2.45, 2.75) is 39.5 Å². The minimum absolute atomic E-state index is 0.0167. The highest BCUT2D eigenvalue weighted by Crippen LogP contribution is 2.37. The number of aliphatic hydroxyl groups excluding tert-OH is 1. The van der Waals surface area contributed by atoms with Crippen molar-refractivity contribution in [3.05, 3.63) is 58.4 Å². The topological polar surface area (TPSA) is 50.7 Å². The molecule has 0 amide bonds. The zero-order valence-electron chi connectivity index (χ0n) is 15.3. The highest BCUT2D eigenvalue weighted by atomic mass is 35.5. The summed E-state index contributed by atoms with van der Waals surface area (Å²) in [4.78, 5) is 0. The predicted molar refractivity (Wildman–Crippen MR) is 101 cm³/mol. The molecule has 0 fully saturated rings. The molecule has 0 bridgehead atoms. The third kappa shape index (κ3) is 5.59. The van der Waals surface area contributed by atoms with Gasteiger partial charge in [0.25, 0.3) is 0 Å². The minimum Gasteiger partial charge on any atom is -0.490 e.